The third-order valence-corrected chi connectivity index (χ3v) is 4.21. The lowest BCUT2D eigenvalue weighted by molar-refractivity contribution is 0.170. The summed E-state index contributed by atoms with van der Waals surface area (Å²) in [6, 6.07) is 9.64. The normalized spacial score (nSPS) is 18.4. The fourth-order valence-electron chi connectivity index (χ4n) is 2.81. The van der Waals surface area contributed by atoms with Crippen molar-refractivity contribution < 1.29 is 0 Å². The summed E-state index contributed by atoms with van der Waals surface area (Å²) in [5.41, 5.74) is 2.81. The van der Waals surface area contributed by atoms with E-state index in [9.17, 15) is 0 Å². The van der Waals surface area contributed by atoms with Crippen molar-refractivity contribution in [3.8, 4) is 0 Å². The molecule has 1 aliphatic rings. The summed E-state index contributed by atoms with van der Waals surface area (Å²) in [6.45, 7) is 9.20. The van der Waals surface area contributed by atoms with Crippen LogP contribution < -0.4 is 5.32 Å². The number of nitrogens with one attached hydrogen (secondary N) is 1. The lowest BCUT2D eigenvalue weighted by Crippen LogP contribution is -2.42. The van der Waals surface area contributed by atoms with Crippen molar-refractivity contribution in [2.24, 2.45) is 0 Å². The zero-order valence-electron chi connectivity index (χ0n) is 12.5. The van der Waals surface area contributed by atoms with Crippen LogP contribution in [0.2, 0.25) is 0 Å². The molecule has 0 aliphatic carbocycles. The molecule has 2 rings (SSSR count). The van der Waals surface area contributed by atoms with Gasteiger partial charge >= 0.3 is 0 Å². The molecule has 1 aliphatic heterocycles. The van der Waals surface area contributed by atoms with E-state index in [1.165, 1.54) is 43.5 Å². The number of rotatable bonds is 6. The predicted molar refractivity (Wildman–Crippen MR) is 82.4 cm³/mol. The monoisotopic (exact) mass is 260 g/mol. The van der Waals surface area contributed by atoms with Crippen LogP contribution >= 0.6 is 0 Å². The summed E-state index contributed by atoms with van der Waals surface area (Å²) in [5, 5.41) is 3.59. The molecule has 1 aromatic rings. The number of hydrogen-bond donors (Lipinski definition) is 1. The second-order valence-electron chi connectivity index (χ2n) is 5.75. The molecule has 0 saturated carbocycles. The van der Waals surface area contributed by atoms with E-state index >= 15 is 0 Å². The first-order valence-electron chi connectivity index (χ1n) is 7.82. The molecule has 0 spiro atoms. The standard InChI is InChI=1S/C17H28N2/c1-3-16-7-9-17(10-8-16)14-18-13-15(2)19-11-5-4-6-12-19/h7-10,15,18H,3-6,11-14H2,1-2H3. The van der Waals surface area contributed by atoms with Crippen molar-refractivity contribution in [3.05, 3.63) is 35.4 Å². The van der Waals surface area contributed by atoms with Crippen LogP contribution in [-0.2, 0) is 13.0 Å². The Morgan fingerprint density at radius 1 is 1.05 bits per heavy atom. The maximum absolute atomic E-state index is 3.59. The molecule has 1 heterocycles. The van der Waals surface area contributed by atoms with Gasteiger partial charge in [-0.25, -0.2) is 0 Å². The molecule has 1 aromatic carbocycles. The molecule has 1 atom stereocenters. The average molecular weight is 260 g/mol. The maximum Gasteiger partial charge on any atom is 0.0206 e. The molecule has 2 nitrogen and oxygen atoms in total. The average Bonchev–Trinajstić information content (AvgIpc) is 2.49. The van der Waals surface area contributed by atoms with Gasteiger partial charge in [0.2, 0.25) is 0 Å². The van der Waals surface area contributed by atoms with Gasteiger partial charge in [-0.2, -0.15) is 0 Å². The molecular weight excluding hydrogens is 232 g/mol. The highest BCUT2D eigenvalue weighted by atomic mass is 15.2. The molecule has 0 radical (unpaired) electrons. The minimum absolute atomic E-state index is 0.662. The van der Waals surface area contributed by atoms with E-state index in [1.807, 2.05) is 0 Å². The van der Waals surface area contributed by atoms with Gasteiger partial charge in [0.05, 0.1) is 0 Å². The highest BCUT2D eigenvalue weighted by Crippen LogP contribution is 2.11. The van der Waals surface area contributed by atoms with E-state index in [2.05, 4.69) is 48.3 Å². The van der Waals surface area contributed by atoms with Crippen LogP contribution in [0.5, 0.6) is 0 Å². The molecule has 1 unspecified atom stereocenters. The molecule has 0 amide bonds. The van der Waals surface area contributed by atoms with Crippen molar-refractivity contribution in [1.82, 2.24) is 10.2 Å². The van der Waals surface area contributed by atoms with Gasteiger partial charge in [-0.1, -0.05) is 37.6 Å². The fraction of sp³-hybridized carbons (Fsp3) is 0.647. The van der Waals surface area contributed by atoms with Crippen molar-refractivity contribution in [2.75, 3.05) is 19.6 Å². The fourth-order valence-corrected chi connectivity index (χ4v) is 2.81. The van der Waals surface area contributed by atoms with Crippen LogP contribution in [0, 0.1) is 0 Å². The summed E-state index contributed by atoms with van der Waals surface area (Å²) in [5.74, 6) is 0. The quantitative estimate of drug-likeness (QED) is 0.845. The number of benzene rings is 1. The number of likely N-dealkylation sites (tertiary alicyclic amines) is 1. The van der Waals surface area contributed by atoms with E-state index in [4.69, 9.17) is 0 Å². The molecule has 0 aromatic heterocycles. The van der Waals surface area contributed by atoms with Gasteiger partial charge in [0.25, 0.3) is 0 Å². The van der Waals surface area contributed by atoms with Crippen LogP contribution in [0.4, 0.5) is 0 Å². The van der Waals surface area contributed by atoms with Crippen LogP contribution in [0.1, 0.15) is 44.2 Å². The Balaban J connectivity index is 1.69. The first-order valence-corrected chi connectivity index (χ1v) is 7.82. The van der Waals surface area contributed by atoms with Crippen molar-refractivity contribution in [2.45, 2.75) is 52.1 Å². The van der Waals surface area contributed by atoms with E-state index in [0.29, 0.717) is 6.04 Å². The Kier molecular flexibility index (Phi) is 5.87. The molecule has 1 N–H and O–H groups in total. The number of aryl methyl sites for hydroxylation is 1. The van der Waals surface area contributed by atoms with Crippen molar-refractivity contribution in [1.29, 1.82) is 0 Å². The van der Waals surface area contributed by atoms with E-state index in [-0.39, 0.29) is 0 Å². The lowest BCUT2D eigenvalue weighted by Gasteiger charge is -2.32. The van der Waals surface area contributed by atoms with Gasteiger partial charge in [0.1, 0.15) is 0 Å². The molecule has 106 valence electrons. The number of hydrogen-bond acceptors (Lipinski definition) is 2. The van der Waals surface area contributed by atoms with Crippen LogP contribution in [0.25, 0.3) is 0 Å². The predicted octanol–water partition coefficient (Wildman–Crippen LogP) is 3.21. The van der Waals surface area contributed by atoms with Gasteiger partial charge < -0.3 is 5.32 Å². The topological polar surface area (TPSA) is 15.3 Å². The minimum Gasteiger partial charge on any atom is -0.311 e. The zero-order chi connectivity index (χ0) is 13.5. The number of piperidine rings is 1. The summed E-state index contributed by atoms with van der Waals surface area (Å²) in [6.07, 6.45) is 5.30. The van der Waals surface area contributed by atoms with Gasteiger partial charge in [-0.05, 0) is 50.4 Å². The first-order chi connectivity index (χ1) is 9.29. The zero-order valence-corrected chi connectivity index (χ0v) is 12.5. The molecule has 19 heavy (non-hydrogen) atoms. The summed E-state index contributed by atoms with van der Waals surface area (Å²) < 4.78 is 0. The van der Waals surface area contributed by atoms with Gasteiger partial charge in [-0.3, -0.25) is 4.90 Å². The highest BCUT2D eigenvalue weighted by Gasteiger charge is 2.15. The van der Waals surface area contributed by atoms with Gasteiger partial charge in [-0.15, -0.1) is 0 Å². The minimum atomic E-state index is 0.662. The van der Waals surface area contributed by atoms with Crippen molar-refractivity contribution >= 4 is 0 Å². The Morgan fingerprint density at radius 3 is 2.32 bits per heavy atom. The third-order valence-electron chi connectivity index (χ3n) is 4.21. The second-order valence-corrected chi connectivity index (χ2v) is 5.75. The Labute approximate surface area is 118 Å². The van der Waals surface area contributed by atoms with Gasteiger partial charge in [0, 0.05) is 19.1 Å². The van der Waals surface area contributed by atoms with Crippen LogP contribution in [0.3, 0.4) is 0 Å². The molecule has 2 heteroatoms. The molecular formula is C17H28N2. The Morgan fingerprint density at radius 2 is 1.68 bits per heavy atom. The maximum atomic E-state index is 3.59. The van der Waals surface area contributed by atoms with E-state index < -0.39 is 0 Å². The largest absolute Gasteiger partial charge is 0.311 e. The smallest absolute Gasteiger partial charge is 0.0206 e. The third kappa shape index (κ3) is 4.63. The second kappa shape index (κ2) is 7.66. The summed E-state index contributed by atoms with van der Waals surface area (Å²) in [7, 11) is 0. The highest BCUT2D eigenvalue weighted by molar-refractivity contribution is 5.22. The van der Waals surface area contributed by atoms with Crippen molar-refractivity contribution in [3.63, 3.8) is 0 Å². The summed E-state index contributed by atoms with van der Waals surface area (Å²) >= 11 is 0. The number of nitrogens with zero attached hydrogens (tertiary/aromatic N) is 1. The SMILES string of the molecule is CCc1ccc(CNCC(C)N2CCCCC2)cc1. The van der Waals surface area contributed by atoms with E-state index in [1.54, 1.807) is 0 Å². The molecule has 1 fully saturated rings. The lowest BCUT2D eigenvalue weighted by atomic mass is 10.1. The van der Waals surface area contributed by atoms with Crippen LogP contribution in [0.15, 0.2) is 24.3 Å². The Bertz CT molecular complexity index is 352. The van der Waals surface area contributed by atoms with Gasteiger partial charge in [0.15, 0.2) is 0 Å². The van der Waals surface area contributed by atoms with E-state index in [0.717, 1.165) is 19.5 Å². The summed E-state index contributed by atoms with van der Waals surface area (Å²) in [4.78, 5) is 2.62. The molecule has 1 saturated heterocycles. The van der Waals surface area contributed by atoms with Crippen LogP contribution in [-0.4, -0.2) is 30.6 Å². The first kappa shape index (κ1) is 14.5. The molecule has 0 bridgehead atoms. The Hall–Kier alpha value is -0.860.